The highest BCUT2D eigenvalue weighted by molar-refractivity contribution is 9.10. The summed E-state index contributed by atoms with van der Waals surface area (Å²) in [6.07, 6.45) is 3.02. The van der Waals surface area contributed by atoms with Crippen LogP contribution in [0.4, 0.5) is 0 Å². The quantitative estimate of drug-likeness (QED) is 0.826. The average Bonchev–Trinajstić information content (AvgIpc) is 2.17. The van der Waals surface area contributed by atoms with Crippen molar-refractivity contribution in [3.63, 3.8) is 0 Å². The molecule has 1 N–H and O–H groups in total. The number of benzene rings is 1. The van der Waals surface area contributed by atoms with Gasteiger partial charge in [0.15, 0.2) is 0 Å². The summed E-state index contributed by atoms with van der Waals surface area (Å²) >= 11 is 3.38. The Morgan fingerprint density at radius 2 is 2.38 bits per heavy atom. The molecule has 16 heavy (non-hydrogen) atoms. The second-order valence-electron chi connectivity index (χ2n) is 3.80. The van der Waals surface area contributed by atoms with E-state index in [1.54, 1.807) is 0 Å². The molecule has 86 valence electrons. The Morgan fingerprint density at radius 1 is 1.62 bits per heavy atom. The van der Waals surface area contributed by atoms with Crippen LogP contribution in [0.15, 0.2) is 41.4 Å². The molecule has 0 radical (unpaired) electrons. The molecule has 0 aliphatic carbocycles. The summed E-state index contributed by atoms with van der Waals surface area (Å²) < 4.78 is 0.997. The number of hydrogen-bond donors (Lipinski definition) is 1. The van der Waals surface area contributed by atoms with Crippen LogP contribution in [0.1, 0.15) is 18.9 Å². The fraction of sp³-hybridized carbons (Fsp3) is 0.308. The Hall–Kier alpha value is -1.09. The van der Waals surface area contributed by atoms with Gasteiger partial charge in [-0.2, -0.15) is 0 Å². The van der Waals surface area contributed by atoms with E-state index in [4.69, 9.17) is 0 Å². The van der Waals surface area contributed by atoms with E-state index in [-0.39, 0.29) is 11.9 Å². The molecule has 0 aliphatic rings. The van der Waals surface area contributed by atoms with Gasteiger partial charge >= 0.3 is 0 Å². The summed E-state index contributed by atoms with van der Waals surface area (Å²) in [5.74, 6) is 0.0486. The minimum atomic E-state index is 0.0486. The van der Waals surface area contributed by atoms with Crippen molar-refractivity contribution in [1.29, 1.82) is 0 Å². The van der Waals surface area contributed by atoms with Crippen molar-refractivity contribution in [3.05, 3.63) is 47.0 Å². The first kappa shape index (κ1) is 13.0. The number of nitrogens with one attached hydrogen (secondary N) is 1. The molecular formula is C13H16BrNO. The van der Waals surface area contributed by atoms with Crippen molar-refractivity contribution in [2.75, 3.05) is 0 Å². The Labute approximate surface area is 105 Å². The molecule has 2 nitrogen and oxygen atoms in total. The molecule has 1 atom stereocenters. The van der Waals surface area contributed by atoms with Crippen molar-refractivity contribution in [2.24, 2.45) is 0 Å². The van der Waals surface area contributed by atoms with Crippen LogP contribution in [0.2, 0.25) is 0 Å². The lowest BCUT2D eigenvalue weighted by molar-refractivity contribution is -0.121. The van der Waals surface area contributed by atoms with Gasteiger partial charge in [-0.15, -0.1) is 6.58 Å². The van der Waals surface area contributed by atoms with Crippen LogP contribution in [0.3, 0.4) is 0 Å². The largest absolute Gasteiger partial charge is 0.353 e. The molecule has 1 unspecified atom stereocenters. The molecular weight excluding hydrogens is 266 g/mol. The van der Waals surface area contributed by atoms with E-state index in [1.165, 1.54) is 0 Å². The van der Waals surface area contributed by atoms with Gasteiger partial charge in [0.25, 0.3) is 0 Å². The third-order valence-electron chi connectivity index (χ3n) is 2.18. The number of amides is 1. The summed E-state index contributed by atoms with van der Waals surface area (Å²) in [7, 11) is 0. The van der Waals surface area contributed by atoms with Gasteiger partial charge in [-0.3, -0.25) is 4.79 Å². The third kappa shape index (κ3) is 4.62. The second-order valence-corrected chi connectivity index (χ2v) is 4.72. The standard InChI is InChI=1S/C13H16BrNO/c1-3-5-10(2)15-13(16)9-11-6-4-7-12(14)8-11/h3-4,6-8,10H,1,5,9H2,2H3,(H,15,16). The second kappa shape index (κ2) is 6.48. The topological polar surface area (TPSA) is 29.1 Å². The normalized spacial score (nSPS) is 11.9. The summed E-state index contributed by atoms with van der Waals surface area (Å²) in [6, 6.07) is 7.93. The Morgan fingerprint density at radius 3 is 3.00 bits per heavy atom. The predicted molar refractivity (Wildman–Crippen MR) is 70.3 cm³/mol. The van der Waals surface area contributed by atoms with E-state index in [2.05, 4.69) is 27.8 Å². The molecule has 0 heterocycles. The van der Waals surface area contributed by atoms with E-state index in [0.29, 0.717) is 6.42 Å². The predicted octanol–water partition coefficient (Wildman–Crippen LogP) is 3.07. The molecule has 1 aromatic rings. The fourth-order valence-electron chi connectivity index (χ4n) is 1.47. The average molecular weight is 282 g/mol. The Bertz CT molecular complexity index is 376. The molecule has 1 aromatic carbocycles. The van der Waals surface area contributed by atoms with Crippen molar-refractivity contribution >= 4 is 21.8 Å². The third-order valence-corrected chi connectivity index (χ3v) is 2.67. The monoisotopic (exact) mass is 281 g/mol. The lowest BCUT2D eigenvalue weighted by Gasteiger charge is -2.11. The van der Waals surface area contributed by atoms with Crippen LogP contribution in [-0.4, -0.2) is 11.9 Å². The maximum Gasteiger partial charge on any atom is 0.224 e. The van der Waals surface area contributed by atoms with Gasteiger partial charge in [-0.25, -0.2) is 0 Å². The van der Waals surface area contributed by atoms with Crippen LogP contribution in [0.25, 0.3) is 0 Å². The first-order chi connectivity index (χ1) is 7.61. The highest BCUT2D eigenvalue weighted by Crippen LogP contribution is 2.12. The SMILES string of the molecule is C=CCC(C)NC(=O)Cc1cccc(Br)c1. The summed E-state index contributed by atoms with van der Waals surface area (Å²) in [5, 5.41) is 2.92. The molecule has 0 spiro atoms. The molecule has 0 aliphatic heterocycles. The molecule has 0 fully saturated rings. The van der Waals surface area contributed by atoms with Gasteiger partial charge in [-0.05, 0) is 31.0 Å². The molecule has 0 bridgehead atoms. The minimum absolute atomic E-state index is 0.0486. The highest BCUT2D eigenvalue weighted by atomic mass is 79.9. The molecule has 0 saturated carbocycles. The lowest BCUT2D eigenvalue weighted by atomic mass is 10.1. The van der Waals surface area contributed by atoms with Gasteiger partial charge in [0.1, 0.15) is 0 Å². The zero-order valence-electron chi connectivity index (χ0n) is 9.37. The first-order valence-corrected chi connectivity index (χ1v) is 6.06. The van der Waals surface area contributed by atoms with Gasteiger partial charge < -0.3 is 5.32 Å². The van der Waals surface area contributed by atoms with E-state index in [1.807, 2.05) is 37.3 Å². The van der Waals surface area contributed by atoms with E-state index in [9.17, 15) is 4.79 Å². The van der Waals surface area contributed by atoms with Gasteiger partial charge in [0, 0.05) is 10.5 Å². The van der Waals surface area contributed by atoms with Crippen LogP contribution >= 0.6 is 15.9 Å². The van der Waals surface area contributed by atoms with E-state index >= 15 is 0 Å². The van der Waals surface area contributed by atoms with Gasteiger partial charge in [-0.1, -0.05) is 34.1 Å². The van der Waals surface area contributed by atoms with Crippen LogP contribution in [0.5, 0.6) is 0 Å². The number of halogens is 1. The lowest BCUT2D eigenvalue weighted by Crippen LogP contribution is -2.33. The maximum atomic E-state index is 11.6. The summed E-state index contributed by atoms with van der Waals surface area (Å²) in [5.41, 5.74) is 1.01. The zero-order chi connectivity index (χ0) is 12.0. The van der Waals surface area contributed by atoms with Gasteiger partial charge in [0.2, 0.25) is 5.91 Å². The van der Waals surface area contributed by atoms with Gasteiger partial charge in [0.05, 0.1) is 6.42 Å². The van der Waals surface area contributed by atoms with Crippen molar-refractivity contribution < 1.29 is 4.79 Å². The number of carbonyl (C=O) groups excluding carboxylic acids is 1. The molecule has 0 saturated heterocycles. The molecule has 0 aromatic heterocycles. The van der Waals surface area contributed by atoms with E-state index in [0.717, 1.165) is 16.5 Å². The van der Waals surface area contributed by atoms with Crippen molar-refractivity contribution in [2.45, 2.75) is 25.8 Å². The number of carbonyl (C=O) groups is 1. The number of rotatable bonds is 5. The molecule has 1 rings (SSSR count). The smallest absolute Gasteiger partial charge is 0.224 e. The minimum Gasteiger partial charge on any atom is -0.353 e. The molecule has 3 heteroatoms. The summed E-state index contributed by atoms with van der Waals surface area (Å²) in [6.45, 7) is 5.62. The fourth-order valence-corrected chi connectivity index (χ4v) is 1.91. The van der Waals surface area contributed by atoms with Crippen LogP contribution < -0.4 is 5.32 Å². The Kier molecular flexibility index (Phi) is 5.26. The maximum absolute atomic E-state index is 11.6. The Balaban J connectivity index is 2.48. The molecule has 1 amide bonds. The van der Waals surface area contributed by atoms with Crippen molar-refractivity contribution in [3.8, 4) is 0 Å². The van der Waals surface area contributed by atoms with E-state index < -0.39 is 0 Å². The van der Waals surface area contributed by atoms with Crippen molar-refractivity contribution in [1.82, 2.24) is 5.32 Å². The zero-order valence-corrected chi connectivity index (χ0v) is 11.0. The van der Waals surface area contributed by atoms with Crippen LogP contribution in [0, 0.1) is 0 Å². The highest BCUT2D eigenvalue weighted by Gasteiger charge is 2.06. The first-order valence-electron chi connectivity index (χ1n) is 5.26. The van der Waals surface area contributed by atoms with Crippen LogP contribution in [-0.2, 0) is 11.2 Å². The number of hydrogen-bond acceptors (Lipinski definition) is 1. The summed E-state index contributed by atoms with van der Waals surface area (Å²) in [4.78, 5) is 11.6.